The SMILES string of the molecule is CCCn1ccc(I)cc1=O.O=c1cc(I)cc[nH]1. The highest BCUT2D eigenvalue weighted by Gasteiger charge is 1.93. The Kier molecular flexibility index (Phi) is 7.36. The van der Waals surface area contributed by atoms with E-state index >= 15 is 0 Å². The summed E-state index contributed by atoms with van der Waals surface area (Å²) in [5.74, 6) is 0. The number of nitrogens with zero attached hydrogens (tertiary/aromatic N) is 1. The van der Waals surface area contributed by atoms with Crippen LogP contribution in [0, 0.1) is 7.14 Å². The zero-order valence-electron chi connectivity index (χ0n) is 10.4. The summed E-state index contributed by atoms with van der Waals surface area (Å²) >= 11 is 4.22. The van der Waals surface area contributed by atoms with Crippen LogP contribution in [0.5, 0.6) is 0 Å². The van der Waals surface area contributed by atoms with Gasteiger partial charge in [0.2, 0.25) is 5.56 Å². The first-order chi connectivity index (χ1) is 9.02. The third-order valence-corrected chi connectivity index (χ3v) is 3.50. The summed E-state index contributed by atoms with van der Waals surface area (Å²) in [4.78, 5) is 24.1. The minimum absolute atomic E-state index is 0.0445. The van der Waals surface area contributed by atoms with E-state index in [0.717, 1.165) is 20.1 Å². The molecule has 1 N–H and O–H groups in total. The lowest BCUT2D eigenvalue weighted by molar-refractivity contribution is 0.653. The highest BCUT2D eigenvalue weighted by Crippen LogP contribution is 1.98. The van der Waals surface area contributed by atoms with Gasteiger partial charge in [-0.05, 0) is 63.7 Å². The maximum Gasteiger partial charge on any atom is 0.251 e. The minimum Gasteiger partial charge on any atom is -0.329 e. The molecule has 19 heavy (non-hydrogen) atoms. The van der Waals surface area contributed by atoms with Crippen LogP contribution in [0.1, 0.15) is 13.3 Å². The average Bonchev–Trinajstić information content (AvgIpc) is 2.33. The molecule has 0 atom stereocenters. The van der Waals surface area contributed by atoms with Gasteiger partial charge in [-0.2, -0.15) is 0 Å². The monoisotopic (exact) mass is 484 g/mol. The van der Waals surface area contributed by atoms with Crippen LogP contribution in [-0.4, -0.2) is 9.55 Å². The van der Waals surface area contributed by atoms with Crippen LogP contribution < -0.4 is 11.1 Å². The number of aryl methyl sites for hydroxylation is 1. The number of aromatic amines is 1. The number of pyridine rings is 2. The van der Waals surface area contributed by atoms with Crippen molar-refractivity contribution in [2.24, 2.45) is 0 Å². The molecule has 2 aromatic rings. The Morgan fingerprint density at radius 1 is 1.16 bits per heavy atom. The van der Waals surface area contributed by atoms with Crippen molar-refractivity contribution in [1.82, 2.24) is 9.55 Å². The van der Waals surface area contributed by atoms with Gasteiger partial charge in [-0.1, -0.05) is 6.92 Å². The largest absolute Gasteiger partial charge is 0.329 e. The molecule has 0 radical (unpaired) electrons. The summed E-state index contributed by atoms with van der Waals surface area (Å²) < 4.78 is 3.69. The lowest BCUT2D eigenvalue weighted by Gasteiger charge is -2.01. The van der Waals surface area contributed by atoms with Crippen LogP contribution in [0.25, 0.3) is 0 Å². The summed E-state index contributed by atoms with van der Waals surface area (Å²) in [6.45, 7) is 2.88. The van der Waals surface area contributed by atoms with Crippen molar-refractivity contribution in [1.29, 1.82) is 0 Å². The maximum absolute atomic E-state index is 11.2. The zero-order chi connectivity index (χ0) is 14.3. The molecule has 0 fully saturated rings. The van der Waals surface area contributed by atoms with Crippen molar-refractivity contribution in [2.75, 3.05) is 0 Å². The van der Waals surface area contributed by atoms with Gasteiger partial charge in [-0.15, -0.1) is 0 Å². The Morgan fingerprint density at radius 3 is 2.32 bits per heavy atom. The lowest BCUT2D eigenvalue weighted by atomic mass is 10.4. The molecule has 0 amide bonds. The molecule has 6 heteroatoms. The molecule has 0 saturated carbocycles. The van der Waals surface area contributed by atoms with E-state index in [9.17, 15) is 9.59 Å². The van der Waals surface area contributed by atoms with Crippen molar-refractivity contribution in [3.05, 3.63) is 64.5 Å². The number of halogens is 2. The number of aromatic nitrogens is 2. The van der Waals surface area contributed by atoms with Crippen molar-refractivity contribution in [3.8, 4) is 0 Å². The van der Waals surface area contributed by atoms with Gasteiger partial charge in [0, 0.05) is 38.2 Å². The summed E-state index contributed by atoms with van der Waals surface area (Å²) in [6.07, 6.45) is 4.47. The van der Waals surface area contributed by atoms with Gasteiger partial charge in [0.15, 0.2) is 0 Å². The normalized spacial score (nSPS) is 9.63. The van der Waals surface area contributed by atoms with Gasteiger partial charge < -0.3 is 9.55 Å². The van der Waals surface area contributed by atoms with E-state index in [-0.39, 0.29) is 11.1 Å². The van der Waals surface area contributed by atoms with Gasteiger partial charge in [-0.25, -0.2) is 0 Å². The number of hydrogen-bond acceptors (Lipinski definition) is 2. The van der Waals surface area contributed by atoms with Crippen LogP contribution in [0.3, 0.4) is 0 Å². The highest BCUT2D eigenvalue weighted by atomic mass is 127. The van der Waals surface area contributed by atoms with E-state index in [0.29, 0.717) is 0 Å². The summed E-state index contributed by atoms with van der Waals surface area (Å²) in [5, 5.41) is 0. The number of hydrogen-bond donors (Lipinski definition) is 1. The first-order valence-corrected chi connectivity index (χ1v) is 7.89. The van der Waals surface area contributed by atoms with Gasteiger partial charge >= 0.3 is 0 Å². The Bertz CT molecular complexity index is 635. The standard InChI is InChI=1S/C8H10INO.C5H4INO/c1-2-4-10-5-3-7(9)6-8(10)11;6-4-1-2-7-5(8)3-4/h3,5-6H,2,4H2,1H3;1-3H,(H,7,8). The molecule has 2 heterocycles. The quantitative estimate of drug-likeness (QED) is 0.668. The van der Waals surface area contributed by atoms with Crippen molar-refractivity contribution >= 4 is 45.2 Å². The van der Waals surface area contributed by atoms with Gasteiger partial charge in [0.25, 0.3) is 5.56 Å². The van der Waals surface area contributed by atoms with Crippen LogP contribution in [0.2, 0.25) is 0 Å². The third kappa shape index (κ3) is 6.37. The molecule has 0 aliphatic rings. The average molecular weight is 484 g/mol. The van der Waals surface area contributed by atoms with Gasteiger partial charge in [0.1, 0.15) is 0 Å². The van der Waals surface area contributed by atoms with Crippen LogP contribution in [0.15, 0.2) is 46.2 Å². The predicted octanol–water partition coefficient (Wildman–Crippen LogP) is 2.84. The van der Waals surface area contributed by atoms with Crippen LogP contribution in [-0.2, 0) is 6.54 Å². The first-order valence-electron chi connectivity index (χ1n) is 5.73. The van der Waals surface area contributed by atoms with E-state index in [1.807, 2.05) is 18.3 Å². The van der Waals surface area contributed by atoms with Gasteiger partial charge in [-0.3, -0.25) is 9.59 Å². The van der Waals surface area contributed by atoms with Crippen molar-refractivity contribution in [2.45, 2.75) is 19.9 Å². The molecule has 0 bridgehead atoms. The molecule has 0 spiro atoms. The number of rotatable bonds is 2. The molecule has 0 aliphatic heterocycles. The lowest BCUT2D eigenvalue weighted by Crippen LogP contribution is -2.18. The molecule has 2 rings (SSSR count). The fourth-order valence-corrected chi connectivity index (χ4v) is 2.22. The Hall–Kier alpha value is -0.640. The minimum atomic E-state index is -0.0445. The second-order valence-electron chi connectivity index (χ2n) is 3.75. The highest BCUT2D eigenvalue weighted by molar-refractivity contribution is 14.1. The Labute approximate surface area is 138 Å². The topological polar surface area (TPSA) is 54.9 Å². The maximum atomic E-state index is 11.2. The van der Waals surface area contributed by atoms with E-state index in [1.54, 1.807) is 22.9 Å². The van der Waals surface area contributed by atoms with E-state index in [4.69, 9.17) is 0 Å². The summed E-state index contributed by atoms with van der Waals surface area (Å²) in [6, 6.07) is 6.97. The smallest absolute Gasteiger partial charge is 0.251 e. The number of nitrogens with one attached hydrogen (secondary N) is 1. The van der Waals surface area contributed by atoms with E-state index < -0.39 is 0 Å². The number of H-pyrrole nitrogens is 1. The fraction of sp³-hybridized carbons (Fsp3) is 0.231. The predicted molar refractivity (Wildman–Crippen MR) is 93.5 cm³/mol. The molecule has 2 aromatic heterocycles. The Balaban J connectivity index is 0.000000200. The second-order valence-corrected chi connectivity index (χ2v) is 6.24. The van der Waals surface area contributed by atoms with Crippen molar-refractivity contribution < 1.29 is 0 Å². The fourth-order valence-electron chi connectivity index (χ4n) is 1.33. The second kappa shape index (κ2) is 8.51. The molecule has 0 saturated heterocycles. The van der Waals surface area contributed by atoms with E-state index in [1.165, 1.54) is 0 Å². The molecular formula is C13H14I2N2O2. The molecule has 0 aliphatic carbocycles. The molecule has 102 valence electrons. The van der Waals surface area contributed by atoms with Crippen LogP contribution in [0.4, 0.5) is 0 Å². The molecule has 4 nitrogen and oxygen atoms in total. The van der Waals surface area contributed by atoms with Crippen LogP contribution >= 0.6 is 45.2 Å². The zero-order valence-corrected chi connectivity index (χ0v) is 14.7. The third-order valence-electron chi connectivity index (χ3n) is 2.16. The summed E-state index contributed by atoms with van der Waals surface area (Å²) in [7, 11) is 0. The van der Waals surface area contributed by atoms with Gasteiger partial charge in [0.05, 0.1) is 0 Å². The molecule has 0 unspecified atom stereocenters. The summed E-state index contributed by atoms with van der Waals surface area (Å²) in [5.41, 5.74) is 0.0515. The molecular weight excluding hydrogens is 470 g/mol. The first kappa shape index (κ1) is 16.4. The van der Waals surface area contributed by atoms with Crippen molar-refractivity contribution in [3.63, 3.8) is 0 Å². The molecule has 0 aromatic carbocycles. The van der Waals surface area contributed by atoms with E-state index in [2.05, 4.69) is 57.1 Å². The Morgan fingerprint density at radius 2 is 1.84 bits per heavy atom.